The maximum Gasteiger partial charge on any atom is 0.339 e. The fourth-order valence-electron chi connectivity index (χ4n) is 2.15. The zero-order valence-corrected chi connectivity index (χ0v) is 18.1. The van der Waals surface area contributed by atoms with Crippen molar-refractivity contribution in [3.63, 3.8) is 0 Å². The lowest BCUT2D eigenvalue weighted by Crippen LogP contribution is -2.19. The lowest BCUT2D eigenvalue weighted by Gasteiger charge is -2.17. The molecule has 0 aliphatic heterocycles. The number of carbonyl (C=O) groups is 1. The van der Waals surface area contributed by atoms with E-state index in [0.29, 0.717) is 6.07 Å². The molecule has 0 amide bonds. The van der Waals surface area contributed by atoms with Crippen LogP contribution in [0.4, 0.5) is 13.2 Å². The van der Waals surface area contributed by atoms with Crippen LogP contribution < -0.4 is 12.5 Å². The molecule has 0 N–H and O–H groups in total. The molecule has 16 heteroatoms. The summed E-state index contributed by atoms with van der Waals surface area (Å²) in [5, 5.41) is 0. The van der Waals surface area contributed by atoms with Crippen molar-refractivity contribution in [2.24, 2.45) is 0 Å². The van der Waals surface area contributed by atoms with Crippen LogP contribution in [-0.4, -0.2) is 49.1 Å². The lowest BCUT2D eigenvalue weighted by molar-refractivity contribution is 0.103. The highest BCUT2D eigenvalue weighted by Gasteiger charge is 2.31. The Balaban J connectivity index is 2.86. The number of ketones is 1. The van der Waals surface area contributed by atoms with E-state index in [1.807, 2.05) is 0 Å². The standard InChI is InChI=1S/C16H13F3O10S3/c17-8-30(21,22)27-13-7-6-12(14(20)11-4-2-1-3-5-11)15(28-31(23,24)9-18)16(13)29-32(25,26)10-19/h1-7H,8-10H2. The molecule has 0 saturated carbocycles. The number of alkyl halides is 3. The van der Waals surface area contributed by atoms with Crippen molar-refractivity contribution in [3.8, 4) is 17.2 Å². The Bertz CT molecular complexity index is 1310. The van der Waals surface area contributed by atoms with E-state index in [1.165, 1.54) is 30.3 Å². The van der Waals surface area contributed by atoms with Gasteiger partial charge in [0.15, 0.2) is 11.5 Å². The van der Waals surface area contributed by atoms with Gasteiger partial charge in [-0.2, -0.15) is 25.3 Å². The summed E-state index contributed by atoms with van der Waals surface area (Å²) < 4.78 is 121. The molecule has 0 heterocycles. The van der Waals surface area contributed by atoms with E-state index in [4.69, 9.17) is 0 Å². The quantitative estimate of drug-likeness (QED) is 0.319. The average molecular weight is 518 g/mol. The molecule has 32 heavy (non-hydrogen) atoms. The van der Waals surface area contributed by atoms with Gasteiger partial charge in [0.05, 0.1) is 5.56 Å². The van der Waals surface area contributed by atoms with E-state index >= 15 is 0 Å². The maximum atomic E-state index is 12.9. The number of carbonyl (C=O) groups excluding carboxylic acids is 1. The summed E-state index contributed by atoms with van der Waals surface area (Å²) in [5.41, 5.74) is -0.832. The third kappa shape index (κ3) is 6.33. The van der Waals surface area contributed by atoms with Gasteiger partial charge in [0.2, 0.25) is 29.5 Å². The molecule has 0 aliphatic carbocycles. The van der Waals surface area contributed by atoms with E-state index in [2.05, 4.69) is 12.5 Å². The fourth-order valence-corrected chi connectivity index (χ4v) is 3.52. The van der Waals surface area contributed by atoms with Gasteiger partial charge in [-0.1, -0.05) is 30.3 Å². The Kier molecular flexibility index (Phi) is 7.74. The van der Waals surface area contributed by atoms with Crippen LogP contribution in [0.1, 0.15) is 15.9 Å². The summed E-state index contributed by atoms with van der Waals surface area (Å²) in [6.45, 7) is 0. The number of hydrogen-bond donors (Lipinski definition) is 0. The third-order valence-corrected chi connectivity index (χ3v) is 5.47. The minimum Gasteiger partial charge on any atom is -0.376 e. The van der Waals surface area contributed by atoms with Crippen LogP contribution in [0.15, 0.2) is 42.5 Å². The van der Waals surface area contributed by atoms with Crippen molar-refractivity contribution in [1.29, 1.82) is 0 Å². The highest BCUT2D eigenvalue weighted by Crippen LogP contribution is 2.43. The van der Waals surface area contributed by atoms with Gasteiger partial charge in [-0.05, 0) is 12.1 Å². The van der Waals surface area contributed by atoms with Crippen LogP contribution in [0.5, 0.6) is 17.2 Å². The summed E-state index contributed by atoms with van der Waals surface area (Å²) in [6.07, 6.45) is 0. The molecule has 0 unspecified atom stereocenters. The molecule has 2 aromatic carbocycles. The molecule has 0 aliphatic rings. The zero-order valence-electron chi connectivity index (χ0n) is 15.6. The van der Waals surface area contributed by atoms with Crippen molar-refractivity contribution in [1.82, 2.24) is 0 Å². The molecule has 176 valence electrons. The van der Waals surface area contributed by atoms with Crippen LogP contribution in [0, 0.1) is 0 Å². The van der Waals surface area contributed by atoms with Gasteiger partial charge in [-0.15, -0.1) is 0 Å². The zero-order chi connectivity index (χ0) is 24.2. The Morgan fingerprint density at radius 2 is 1.12 bits per heavy atom. The summed E-state index contributed by atoms with van der Waals surface area (Å²) >= 11 is 0. The third-order valence-electron chi connectivity index (χ3n) is 3.39. The maximum absolute atomic E-state index is 12.9. The van der Waals surface area contributed by atoms with E-state index in [-0.39, 0.29) is 5.56 Å². The molecule has 10 nitrogen and oxygen atoms in total. The monoisotopic (exact) mass is 518 g/mol. The Morgan fingerprint density at radius 3 is 1.62 bits per heavy atom. The second-order valence-electron chi connectivity index (χ2n) is 5.72. The van der Waals surface area contributed by atoms with Crippen molar-refractivity contribution < 1.29 is 55.8 Å². The number of hydrogen-bond acceptors (Lipinski definition) is 10. The summed E-state index contributed by atoms with van der Waals surface area (Å²) in [5.74, 6) is -4.93. The Morgan fingerprint density at radius 1 is 0.656 bits per heavy atom. The van der Waals surface area contributed by atoms with Gasteiger partial charge in [0.25, 0.3) is 0 Å². The van der Waals surface area contributed by atoms with Crippen LogP contribution >= 0.6 is 0 Å². The van der Waals surface area contributed by atoms with Crippen LogP contribution in [0.25, 0.3) is 0 Å². The molecule has 0 saturated heterocycles. The van der Waals surface area contributed by atoms with E-state index in [1.54, 1.807) is 0 Å². The van der Waals surface area contributed by atoms with Crippen LogP contribution in [-0.2, 0) is 30.4 Å². The Labute approximate surface area is 180 Å². The largest absolute Gasteiger partial charge is 0.376 e. The highest BCUT2D eigenvalue weighted by atomic mass is 32.2. The number of benzene rings is 2. The lowest BCUT2D eigenvalue weighted by atomic mass is 10.0. The SMILES string of the molecule is O=C(c1ccccc1)c1ccc(OS(=O)(=O)CF)c(OS(=O)(=O)CF)c1OS(=O)(=O)CF. The second kappa shape index (κ2) is 9.74. The van der Waals surface area contributed by atoms with Crippen molar-refractivity contribution >= 4 is 36.1 Å². The summed E-state index contributed by atoms with van der Waals surface area (Å²) in [6, 6.07) is 1.81. The van der Waals surface area contributed by atoms with Gasteiger partial charge in [0.1, 0.15) is 0 Å². The van der Waals surface area contributed by atoms with Gasteiger partial charge in [-0.25, -0.2) is 13.2 Å². The molecular weight excluding hydrogens is 505 g/mol. The molecule has 0 radical (unpaired) electrons. The van der Waals surface area contributed by atoms with Crippen molar-refractivity contribution in [3.05, 3.63) is 53.6 Å². The first-order valence-corrected chi connectivity index (χ1v) is 12.8. The average Bonchev–Trinajstić information content (AvgIpc) is 2.76. The predicted octanol–water partition coefficient (Wildman–Crippen LogP) is 1.82. The molecule has 0 spiro atoms. The normalized spacial score (nSPS) is 12.2. The first-order chi connectivity index (χ1) is 14.8. The molecule has 2 aromatic rings. The van der Waals surface area contributed by atoms with Crippen molar-refractivity contribution in [2.75, 3.05) is 18.0 Å². The van der Waals surface area contributed by atoms with Crippen LogP contribution in [0.2, 0.25) is 0 Å². The fraction of sp³-hybridized carbons (Fsp3) is 0.188. The van der Waals surface area contributed by atoms with Gasteiger partial charge in [0, 0.05) is 5.56 Å². The number of halogens is 3. The molecule has 0 aromatic heterocycles. The van der Waals surface area contributed by atoms with Gasteiger partial charge >= 0.3 is 30.4 Å². The molecule has 2 rings (SSSR count). The predicted molar refractivity (Wildman–Crippen MR) is 103 cm³/mol. The van der Waals surface area contributed by atoms with E-state index in [9.17, 15) is 43.2 Å². The first kappa shape index (κ1) is 25.4. The number of rotatable bonds is 11. The first-order valence-electron chi connectivity index (χ1n) is 8.06. The smallest absolute Gasteiger partial charge is 0.339 e. The molecular formula is C16H13F3O10S3. The summed E-state index contributed by atoms with van der Waals surface area (Å²) in [7, 11) is -15.3. The van der Waals surface area contributed by atoms with Gasteiger partial charge < -0.3 is 12.5 Å². The minimum atomic E-state index is -5.16. The summed E-state index contributed by atoms with van der Waals surface area (Å²) in [4.78, 5) is 12.8. The van der Waals surface area contributed by atoms with E-state index < -0.39 is 77.0 Å². The van der Waals surface area contributed by atoms with Crippen LogP contribution in [0.3, 0.4) is 0 Å². The van der Waals surface area contributed by atoms with E-state index in [0.717, 1.165) is 6.07 Å². The molecule has 0 fully saturated rings. The van der Waals surface area contributed by atoms with Gasteiger partial charge in [-0.3, -0.25) is 4.79 Å². The molecule has 0 bridgehead atoms. The second-order valence-corrected chi connectivity index (χ2v) is 10.2. The topological polar surface area (TPSA) is 147 Å². The highest BCUT2D eigenvalue weighted by molar-refractivity contribution is 7.87. The minimum absolute atomic E-state index is 0.0839. The Hall–Kier alpha value is -2.85. The molecule has 0 atom stereocenters. The van der Waals surface area contributed by atoms with Crippen molar-refractivity contribution in [2.45, 2.75) is 0 Å².